The van der Waals surface area contributed by atoms with Crippen molar-refractivity contribution in [1.29, 1.82) is 5.26 Å². The zero-order valence-corrected chi connectivity index (χ0v) is 16.8. The van der Waals surface area contributed by atoms with Crippen LogP contribution in [0.5, 0.6) is 0 Å². The molecular formula is C24H20N6O. The van der Waals surface area contributed by atoms with Crippen LogP contribution in [0.1, 0.15) is 34.3 Å². The molecule has 4 aromatic rings. The van der Waals surface area contributed by atoms with Crippen molar-refractivity contribution < 1.29 is 4.79 Å². The maximum Gasteiger partial charge on any atom is 0.259 e. The summed E-state index contributed by atoms with van der Waals surface area (Å²) in [5, 5.41) is 13.5. The minimum Gasteiger partial charge on any atom is -0.326 e. The van der Waals surface area contributed by atoms with Crippen molar-refractivity contribution in [3.05, 3.63) is 83.8 Å². The molecule has 0 unspecified atom stereocenters. The molecule has 0 atom stereocenters. The van der Waals surface area contributed by atoms with Gasteiger partial charge in [0.2, 0.25) is 0 Å². The summed E-state index contributed by atoms with van der Waals surface area (Å²) >= 11 is 0. The van der Waals surface area contributed by atoms with Gasteiger partial charge >= 0.3 is 0 Å². The van der Waals surface area contributed by atoms with E-state index in [0.29, 0.717) is 23.5 Å². The highest BCUT2D eigenvalue weighted by molar-refractivity contribution is 6.07. The molecule has 7 heteroatoms. The van der Waals surface area contributed by atoms with Crippen LogP contribution in [0.3, 0.4) is 0 Å². The van der Waals surface area contributed by atoms with Crippen molar-refractivity contribution >= 4 is 17.2 Å². The predicted molar refractivity (Wildman–Crippen MR) is 117 cm³/mol. The third-order valence-corrected chi connectivity index (χ3v) is 5.52. The van der Waals surface area contributed by atoms with E-state index in [4.69, 9.17) is 11.0 Å². The molecule has 1 saturated carbocycles. The van der Waals surface area contributed by atoms with E-state index < -0.39 is 0 Å². The number of anilines is 1. The highest BCUT2D eigenvalue weighted by Crippen LogP contribution is 2.33. The Bertz CT molecular complexity index is 1300. The second kappa shape index (κ2) is 7.67. The van der Waals surface area contributed by atoms with E-state index in [9.17, 15) is 4.79 Å². The van der Waals surface area contributed by atoms with E-state index in [0.717, 1.165) is 35.0 Å². The molecule has 1 fully saturated rings. The zero-order valence-electron chi connectivity index (χ0n) is 16.8. The van der Waals surface area contributed by atoms with Crippen LogP contribution in [0.4, 0.5) is 5.82 Å². The number of hydrogen-bond acceptors (Lipinski definition) is 5. The van der Waals surface area contributed by atoms with E-state index in [1.807, 2.05) is 36.5 Å². The second-order valence-electron chi connectivity index (χ2n) is 7.63. The zero-order chi connectivity index (χ0) is 21.4. The minimum atomic E-state index is -0.104. The van der Waals surface area contributed by atoms with Crippen molar-refractivity contribution in [1.82, 2.24) is 14.6 Å². The fourth-order valence-electron chi connectivity index (χ4n) is 3.68. The lowest BCUT2D eigenvalue weighted by Gasteiger charge is -2.21. The number of pyridine rings is 2. The average Bonchev–Trinajstić information content (AvgIpc) is 3.57. The number of aromatic nitrogens is 3. The summed E-state index contributed by atoms with van der Waals surface area (Å²) < 4.78 is 1.77. The Morgan fingerprint density at radius 1 is 1.16 bits per heavy atom. The van der Waals surface area contributed by atoms with Crippen molar-refractivity contribution in [3.8, 4) is 17.2 Å². The fraction of sp³-hybridized carbons (Fsp3) is 0.167. The Morgan fingerprint density at radius 3 is 2.61 bits per heavy atom. The molecule has 0 aliphatic heterocycles. The molecule has 3 aromatic heterocycles. The van der Waals surface area contributed by atoms with Gasteiger partial charge in [0.25, 0.3) is 5.91 Å². The van der Waals surface area contributed by atoms with Gasteiger partial charge in [-0.15, -0.1) is 0 Å². The van der Waals surface area contributed by atoms with Gasteiger partial charge in [0.15, 0.2) is 0 Å². The Labute approximate surface area is 179 Å². The van der Waals surface area contributed by atoms with Gasteiger partial charge in [-0.25, -0.2) is 9.50 Å². The van der Waals surface area contributed by atoms with Crippen LogP contribution in [0, 0.1) is 11.3 Å². The van der Waals surface area contributed by atoms with Gasteiger partial charge in [-0.2, -0.15) is 10.4 Å². The quantitative estimate of drug-likeness (QED) is 0.544. The molecule has 152 valence electrons. The van der Waals surface area contributed by atoms with Gasteiger partial charge in [-0.3, -0.25) is 9.69 Å². The number of fused-ring (bicyclic) bond motifs is 1. The number of nitrogens with zero attached hydrogens (tertiary/aromatic N) is 5. The number of nitriles is 1. The molecular weight excluding hydrogens is 388 g/mol. The summed E-state index contributed by atoms with van der Waals surface area (Å²) in [7, 11) is 0. The average molecular weight is 408 g/mol. The molecule has 3 heterocycles. The molecule has 1 aliphatic rings. The van der Waals surface area contributed by atoms with Crippen molar-refractivity contribution in [2.24, 2.45) is 5.73 Å². The third kappa shape index (κ3) is 3.54. The highest BCUT2D eigenvalue weighted by Gasteiger charge is 2.35. The normalized spacial score (nSPS) is 13.2. The van der Waals surface area contributed by atoms with Gasteiger partial charge in [-0.05, 0) is 48.2 Å². The molecule has 7 nitrogen and oxygen atoms in total. The Balaban J connectivity index is 1.52. The SMILES string of the molecule is N#Cc1ccc(N(C(=O)c2ccn3ncc(-c4ccc(CN)cc4)c3c2)C2CC2)nc1. The first-order valence-electron chi connectivity index (χ1n) is 10.1. The highest BCUT2D eigenvalue weighted by atomic mass is 16.2. The summed E-state index contributed by atoms with van der Waals surface area (Å²) in [4.78, 5) is 19.5. The topological polar surface area (TPSA) is 100 Å². The van der Waals surface area contributed by atoms with Crippen molar-refractivity contribution in [2.75, 3.05) is 4.90 Å². The van der Waals surface area contributed by atoms with Crippen LogP contribution in [0.2, 0.25) is 0 Å². The van der Waals surface area contributed by atoms with Crippen LogP contribution in [0.25, 0.3) is 16.6 Å². The molecule has 1 aromatic carbocycles. The number of benzene rings is 1. The first kappa shape index (κ1) is 19.0. The molecule has 1 amide bonds. The number of nitrogens with two attached hydrogens (primary N) is 1. The molecule has 0 saturated heterocycles. The van der Waals surface area contributed by atoms with Crippen molar-refractivity contribution in [3.63, 3.8) is 0 Å². The fourth-order valence-corrected chi connectivity index (χ4v) is 3.68. The van der Waals surface area contributed by atoms with E-state index in [-0.39, 0.29) is 11.9 Å². The van der Waals surface area contributed by atoms with Gasteiger partial charge < -0.3 is 5.73 Å². The summed E-state index contributed by atoms with van der Waals surface area (Å²) in [6.45, 7) is 0.494. The van der Waals surface area contributed by atoms with E-state index in [1.165, 1.54) is 6.20 Å². The molecule has 31 heavy (non-hydrogen) atoms. The summed E-state index contributed by atoms with van der Waals surface area (Å²) in [6, 6.07) is 17.3. The van der Waals surface area contributed by atoms with Gasteiger partial charge in [0.05, 0.1) is 17.3 Å². The maximum absolute atomic E-state index is 13.5. The van der Waals surface area contributed by atoms with Crippen LogP contribution < -0.4 is 10.6 Å². The smallest absolute Gasteiger partial charge is 0.259 e. The third-order valence-electron chi connectivity index (χ3n) is 5.52. The summed E-state index contributed by atoms with van der Waals surface area (Å²) in [6.07, 6.45) is 7.00. The first-order chi connectivity index (χ1) is 15.2. The molecule has 0 radical (unpaired) electrons. The van der Waals surface area contributed by atoms with Crippen LogP contribution in [-0.4, -0.2) is 26.5 Å². The standard InChI is InChI=1S/C24H20N6O/c25-12-16-1-4-18(5-2-16)21-15-28-29-10-9-19(11-22(21)29)24(31)30(20-6-7-20)23-8-3-17(13-26)14-27-23/h1-5,8-11,14-15,20H,6-7,12,25H2. The largest absolute Gasteiger partial charge is 0.326 e. The first-order valence-corrected chi connectivity index (χ1v) is 10.1. The Morgan fingerprint density at radius 2 is 1.97 bits per heavy atom. The van der Waals surface area contributed by atoms with Gasteiger partial charge in [0, 0.05) is 36.1 Å². The lowest BCUT2D eigenvalue weighted by molar-refractivity contribution is 0.0984. The van der Waals surface area contributed by atoms with E-state index in [2.05, 4.69) is 16.2 Å². The molecule has 0 bridgehead atoms. The lowest BCUT2D eigenvalue weighted by atomic mass is 10.0. The summed E-state index contributed by atoms with van der Waals surface area (Å²) in [5.74, 6) is 0.463. The molecule has 2 N–H and O–H groups in total. The second-order valence-corrected chi connectivity index (χ2v) is 7.63. The van der Waals surface area contributed by atoms with Crippen LogP contribution in [-0.2, 0) is 6.54 Å². The minimum absolute atomic E-state index is 0.104. The van der Waals surface area contributed by atoms with Crippen LogP contribution >= 0.6 is 0 Å². The van der Waals surface area contributed by atoms with E-state index in [1.54, 1.807) is 33.8 Å². The molecule has 5 rings (SSSR count). The number of carbonyl (C=O) groups is 1. The maximum atomic E-state index is 13.5. The molecule has 0 spiro atoms. The Hall–Kier alpha value is -4.02. The number of hydrogen-bond donors (Lipinski definition) is 1. The van der Waals surface area contributed by atoms with Gasteiger partial charge in [-0.1, -0.05) is 24.3 Å². The predicted octanol–water partition coefficient (Wildman–Crippen LogP) is 3.54. The van der Waals surface area contributed by atoms with E-state index >= 15 is 0 Å². The molecule has 1 aliphatic carbocycles. The summed E-state index contributed by atoms with van der Waals surface area (Å²) in [5.41, 5.74) is 10.6. The lowest BCUT2D eigenvalue weighted by Crippen LogP contribution is -2.33. The Kier molecular flexibility index (Phi) is 4.69. The number of amides is 1. The van der Waals surface area contributed by atoms with Gasteiger partial charge in [0.1, 0.15) is 11.9 Å². The van der Waals surface area contributed by atoms with Crippen LogP contribution in [0.15, 0.2) is 67.1 Å². The number of rotatable bonds is 5. The monoisotopic (exact) mass is 408 g/mol. The van der Waals surface area contributed by atoms with Crippen molar-refractivity contribution in [2.45, 2.75) is 25.4 Å². The number of carbonyl (C=O) groups excluding carboxylic acids is 1.